The summed E-state index contributed by atoms with van der Waals surface area (Å²) >= 11 is 0. The second-order valence-electron chi connectivity index (χ2n) is 7.60. The van der Waals surface area contributed by atoms with Crippen LogP contribution in [-0.4, -0.2) is 39.5 Å². The molecule has 30 heavy (non-hydrogen) atoms. The van der Waals surface area contributed by atoms with Gasteiger partial charge in [-0.25, -0.2) is 4.98 Å². The fraction of sp³-hybridized carbons (Fsp3) is 0.292. The van der Waals surface area contributed by atoms with E-state index in [-0.39, 0.29) is 11.9 Å². The Morgan fingerprint density at radius 1 is 1.10 bits per heavy atom. The first-order chi connectivity index (χ1) is 14.7. The van der Waals surface area contributed by atoms with Crippen molar-refractivity contribution in [3.8, 4) is 6.07 Å². The maximum absolute atomic E-state index is 12.7. The number of carbonyl (C=O) groups is 1. The van der Waals surface area contributed by atoms with E-state index in [1.54, 1.807) is 6.33 Å². The van der Waals surface area contributed by atoms with Gasteiger partial charge in [-0.2, -0.15) is 5.26 Å². The second kappa shape index (κ2) is 9.38. The predicted molar refractivity (Wildman–Crippen MR) is 114 cm³/mol. The highest BCUT2D eigenvalue weighted by molar-refractivity contribution is 5.84. The first-order valence-corrected chi connectivity index (χ1v) is 10.3. The quantitative estimate of drug-likeness (QED) is 0.632. The Balaban J connectivity index is 1.29. The number of nitrogens with zero attached hydrogens (tertiary/aromatic N) is 4. The highest BCUT2D eigenvalue weighted by Crippen LogP contribution is 2.14. The van der Waals surface area contributed by atoms with Crippen molar-refractivity contribution in [2.45, 2.75) is 32.0 Å². The molecule has 0 aliphatic carbocycles. The van der Waals surface area contributed by atoms with Crippen LogP contribution in [0.1, 0.15) is 28.8 Å². The highest BCUT2D eigenvalue weighted by Gasteiger charge is 2.30. The van der Waals surface area contributed by atoms with E-state index in [2.05, 4.69) is 33.1 Å². The van der Waals surface area contributed by atoms with Gasteiger partial charge in [0.25, 0.3) is 0 Å². The number of imidazole rings is 1. The van der Waals surface area contributed by atoms with Crippen LogP contribution >= 0.6 is 0 Å². The van der Waals surface area contributed by atoms with E-state index in [0.29, 0.717) is 18.7 Å². The lowest BCUT2D eigenvalue weighted by Crippen LogP contribution is -2.38. The summed E-state index contributed by atoms with van der Waals surface area (Å²) in [5, 5.41) is 12.3. The lowest BCUT2D eigenvalue weighted by Gasteiger charge is -2.17. The van der Waals surface area contributed by atoms with E-state index >= 15 is 0 Å². The summed E-state index contributed by atoms with van der Waals surface area (Å²) in [6.45, 7) is 2.84. The zero-order valence-corrected chi connectivity index (χ0v) is 16.9. The highest BCUT2D eigenvalue weighted by atomic mass is 16.2. The Hall–Kier alpha value is -3.43. The maximum atomic E-state index is 12.7. The molecule has 0 spiro atoms. The Labute approximate surface area is 176 Å². The molecule has 2 heterocycles. The first kappa shape index (κ1) is 19.9. The molecule has 0 radical (unpaired) electrons. The minimum atomic E-state index is -0.140. The van der Waals surface area contributed by atoms with Gasteiger partial charge in [0.2, 0.25) is 5.91 Å². The van der Waals surface area contributed by atoms with Gasteiger partial charge >= 0.3 is 0 Å². The van der Waals surface area contributed by atoms with Gasteiger partial charge in [0.15, 0.2) is 0 Å². The molecule has 1 atom stereocenters. The van der Waals surface area contributed by atoms with Gasteiger partial charge in [0.1, 0.15) is 0 Å². The normalized spacial score (nSPS) is 16.0. The van der Waals surface area contributed by atoms with Gasteiger partial charge in [0, 0.05) is 32.4 Å². The fourth-order valence-corrected chi connectivity index (χ4v) is 3.81. The van der Waals surface area contributed by atoms with Crippen LogP contribution in [0.15, 0.2) is 67.1 Å². The van der Waals surface area contributed by atoms with Crippen LogP contribution in [0.5, 0.6) is 0 Å². The third-order valence-corrected chi connectivity index (χ3v) is 5.57. The van der Waals surface area contributed by atoms with Crippen LogP contribution in [0, 0.1) is 11.3 Å². The number of carbonyl (C=O) groups excluding carboxylic acids is 1. The van der Waals surface area contributed by atoms with E-state index in [4.69, 9.17) is 5.26 Å². The topological polar surface area (TPSA) is 74.0 Å². The van der Waals surface area contributed by atoms with Crippen molar-refractivity contribution in [3.63, 3.8) is 0 Å². The van der Waals surface area contributed by atoms with Gasteiger partial charge in [-0.05, 0) is 36.1 Å². The number of likely N-dealkylation sites (tertiary alicyclic amines) is 1. The number of aromatic nitrogens is 2. The van der Waals surface area contributed by atoms with Crippen LogP contribution in [0.2, 0.25) is 0 Å². The minimum Gasteiger partial charge on any atom is -0.341 e. The van der Waals surface area contributed by atoms with E-state index in [0.717, 1.165) is 37.2 Å². The molecule has 1 N–H and O–H groups in total. The Bertz CT molecular complexity index is 1020. The van der Waals surface area contributed by atoms with Crippen molar-refractivity contribution in [2.75, 3.05) is 13.1 Å². The number of hydrogen-bond acceptors (Lipinski definition) is 4. The second-order valence-corrected chi connectivity index (χ2v) is 7.60. The van der Waals surface area contributed by atoms with Gasteiger partial charge in [0.05, 0.1) is 29.7 Å². The molecule has 1 aromatic heterocycles. The third-order valence-electron chi connectivity index (χ3n) is 5.57. The molecular weight excluding hydrogens is 374 g/mol. The standard InChI is InChI=1S/C24H25N5O/c25-14-20-6-8-21(9-7-20)17-29-18-26-15-22(29)16-27-23-11-13-28(24(23)30)12-10-19-4-2-1-3-5-19/h1-9,15,18,23,27H,10-13,16-17H2. The van der Waals surface area contributed by atoms with Crippen molar-refractivity contribution in [3.05, 3.63) is 89.5 Å². The summed E-state index contributed by atoms with van der Waals surface area (Å²) in [4.78, 5) is 19.0. The average molecular weight is 399 g/mol. The van der Waals surface area contributed by atoms with E-state index < -0.39 is 0 Å². The molecule has 1 aliphatic rings. The number of rotatable bonds is 8. The first-order valence-electron chi connectivity index (χ1n) is 10.3. The lowest BCUT2D eigenvalue weighted by atomic mass is 10.1. The van der Waals surface area contributed by atoms with E-state index in [9.17, 15) is 4.79 Å². The van der Waals surface area contributed by atoms with Crippen molar-refractivity contribution >= 4 is 5.91 Å². The number of nitriles is 1. The molecule has 2 aromatic carbocycles. The molecule has 1 fully saturated rings. The fourth-order valence-electron chi connectivity index (χ4n) is 3.81. The lowest BCUT2D eigenvalue weighted by molar-refractivity contribution is -0.129. The zero-order chi connectivity index (χ0) is 20.8. The van der Waals surface area contributed by atoms with Crippen molar-refractivity contribution in [2.24, 2.45) is 0 Å². The van der Waals surface area contributed by atoms with Gasteiger partial charge < -0.3 is 14.8 Å². The summed E-state index contributed by atoms with van der Waals surface area (Å²) in [5.74, 6) is 0.184. The molecule has 1 amide bonds. The van der Waals surface area contributed by atoms with Crippen molar-refractivity contribution in [1.29, 1.82) is 5.26 Å². The molecule has 152 valence electrons. The van der Waals surface area contributed by atoms with Gasteiger partial charge in [-0.3, -0.25) is 4.79 Å². The van der Waals surface area contributed by atoms with Crippen LogP contribution in [0.3, 0.4) is 0 Å². The predicted octanol–water partition coefficient (Wildman–Crippen LogP) is 2.74. The molecule has 4 rings (SSSR count). The number of benzene rings is 2. The van der Waals surface area contributed by atoms with Gasteiger partial charge in [-0.15, -0.1) is 0 Å². The Morgan fingerprint density at radius 3 is 2.67 bits per heavy atom. The molecular formula is C24H25N5O. The summed E-state index contributed by atoms with van der Waals surface area (Å²) in [5.41, 5.74) is 4.06. The number of hydrogen-bond donors (Lipinski definition) is 1. The molecule has 1 unspecified atom stereocenters. The summed E-state index contributed by atoms with van der Waals surface area (Å²) < 4.78 is 2.07. The molecule has 1 aliphatic heterocycles. The zero-order valence-electron chi connectivity index (χ0n) is 16.9. The molecule has 1 saturated heterocycles. The Kier molecular flexibility index (Phi) is 6.21. The van der Waals surface area contributed by atoms with Crippen molar-refractivity contribution in [1.82, 2.24) is 19.8 Å². The average Bonchev–Trinajstić information content (AvgIpc) is 3.38. The molecule has 6 nitrogen and oxygen atoms in total. The van der Waals surface area contributed by atoms with Crippen LogP contribution in [-0.2, 0) is 24.3 Å². The van der Waals surface area contributed by atoms with E-state index in [1.165, 1.54) is 5.56 Å². The maximum Gasteiger partial charge on any atom is 0.239 e. The van der Waals surface area contributed by atoms with E-state index in [1.807, 2.05) is 53.6 Å². The summed E-state index contributed by atoms with van der Waals surface area (Å²) in [6, 6.07) is 19.8. The van der Waals surface area contributed by atoms with Crippen LogP contribution < -0.4 is 5.32 Å². The minimum absolute atomic E-state index is 0.140. The largest absolute Gasteiger partial charge is 0.341 e. The smallest absolute Gasteiger partial charge is 0.239 e. The molecule has 0 bridgehead atoms. The summed E-state index contributed by atoms with van der Waals surface area (Å²) in [7, 11) is 0. The molecule has 6 heteroatoms. The van der Waals surface area contributed by atoms with Gasteiger partial charge in [-0.1, -0.05) is 42.5 Å². The molecule has 0 saturated carbocycles. The van der Waals surface area contributed by atoms with Crippen LogP contribution in [0.25, 0.3) is 0 Å². The third kappa shape index (κ3) is 4.76. The number of nitrogens with one attached hydrogen (secondary N) is 1. The Morgan fingerprint density at radius 2 is 1.90 bits per heavy atom. The van der Waals surface area contributed by atoms with Crippen LogP contribution in [0.4, 0.5) is 0 Å². The molecule has 3 aromatic rings. The van der Waals surface area contributed by atoms with Crippen molar-refractivity contribution < 1.29 is 4.79 Å². The monoisotopic (exact) mass is 399 g/mol. The SMILES string of the molecule is N#Cc1ccc(Cn2cncc2CNC2CCN(CCc3ccccc3)C2=O)cc1. The number of amides is 1. The summed E-state index contributed by atoms with van der Waals surface area (Å²) in [6.07, 6.45) is 5.36.